The van der Waals surface area contributed by atoms with Crippen LogP contribution < -0.4 is 21.5 Å². The first-order chi connectivity index (χ1) is 9.43. The second-order valence-electron chi connectivity index (χ2n) is 4.70. The number of carbonyl (C=O) groups is 2. The van der Waals surface area contributed by atoms with Crippen molar-refractivity contribution < 1.29 is 14.3 Å². The number of ether oxygens (including phenoxy) is 1. The Kier molecular flexibility index (Phi) is 5.99. The van der Waals surface area contributed by atoms with E-state index in [-0.39, 0.29) is 18.4 Å². The minimum atomic E-state index is -0.910. The van der Waals surface area contributed by atoms with E-state index in [1.807, 2.05) is 31.2 Å². The van der Waals surface area contributed by atoms with Crippen LogP contribution in [0.5, 0.6) is 5.75 Å². The number of methoxy groups -OCH3 is 1. The molecule has 6 heteroatoms. The van der Waals surface area contributed by atoms with Gasteiger partial charge in [-0.05, 0) is 25.0 Å². The Bertz CT molecular complexity index is 476. The van der Waals surface area contributed by atoms with Crippen molar-refractivity contribution in [2.45, 2.75) is 31.8 Å². The van der Waals surface area contributed by atoms with Crippen molar-refractivity contribution in [3.8, 4) is 5.75 Å². The van der Waals surface area contributed by atoms with Gasteiger partial charge in [-0.25, -0.2) is 0 Å². The van der Waals surface area contributed by atoms with E-state index < -0.39 is 11.9 Å². The van der Waals surface area contributed by atoms with Gasteiger partial charge in [-0.1, -0.05) is 18.2 Å². The summed E-state index contributed by atoms with van der Waals surface area (Å²) in [5.74, 6) is -0.203. The van der Waals surface area contributed by atoms with Gasteiger partial charge in [0.15, 0.2) is 0 Å². The molecule has 1 aromatic carbocycles. The lowest BCUT2D eigenvalue weighted by molar-refractivity contribution is -0.126. The topological polar surface area (TPSA) is 107 Å². The summed E-state index contributed by atoms with van der Waals surface area (Å²) >= 11 is 0. The van der Waals surface area contributed by atoms with Gasteiger partial charge in [-0.3, -0.25) is 9.59 Å². The van der Waals surface area contributed by atoms with Crippen molar-refractivity contribution in [3.05, 3.63) is 29.8 Å². The summed E-state index contributed by atoms with van der Waals surface area (Å²) in [5, 5.41) is 2.76. The van der Waals surface area contributed by atoms with E-state index >= 15 is 0 Å². The predicted molar refractivity (Wildman–Crippen MR) is 76.1 cm³/mol. The van der Waals surface area contributed by atoms with Crippen LogP contribution >= 0.6 is 0 Å². The molecule has 0 heterocycles. The fraction of sp³-hybridized carbons (Fsp3) is 0.429. The zero-order valence-corrected chi connectivity index (χ0v) is 11.8. The number of amides is 2. The van der Waals surface area contributed by atoms with Gasteiger partial charge in [-0.15, -0.1) is 0 Å². The van der Waals surface area contributed by atoms with Gasteiger partial charge in [-0.2, -0.15) is 0 Å². The summed E-state index contributed by atoms with van der Waals surface area (Å²) in [6.07, 6.45) is 0.451. The smallest absolute Gasteiger partial charge is 0.237 e. The maximum atomic E-state index is 11.8. The Balaban J connectivity index is 2.57. The average Bonchev–Trinajstić information content (AvgIpc) is 2.38. The molecule has 0 fully saturated rings. The van der Waals surface area contributed by atoms with Gasteiger partial charge >= 0.3 is 0 Å². The molecule has 0 saturated carbocycles. The molecule has 2 amide bonds. The van der Waals surface area contributed by atoms with Gasteiger partial charge in [0.2, 0.25) is 11.8 Å². The molecule has 0 aromatic heterocycles. The quantitative estimate of drug-likeness (QED) is 0.650. The molecule has 2 unspecified atom stereocenters. The van der Waals surface area contributed by atoms with Crippen LogP contribution in [-0.4, -0.2) is 31.0 Å². The number of carbonyl (C=O) groups excluding carboxylic acids is 2. The number of hydrogen-bond acceptors (Lipinski definition) is 4. The van der Waals surface area contributed by atoms with Gasteiger partial charge in [0.25, 0.3) is 0 Å². The van der Waals surface area contributed by atoms with Crippen LogP contribution in [0.25, 0.3) is 0 Å². The largest absolute Gasteiger partial charge is 0.496 e. The summed E-state index contributed by atoms with van der Waals surface area (Å²) in [4.78, 5) is 22.5. The molecule has 0 radical (unpaired) electrons. The first-order valence-electron chi connectivity index (χ1n) is 6.40. The van der Waals surface area contributed by atoms with E-state index in [0.29, 0.717) is 6.42 Å². The lowest BCUT2D eigenvalue weighted by atomic mass is 10.1. The van der Waals surface area contributed by atoms with Crippen LogP contribution in [0.2, 0.25) is 0 Å². The molecule has 0 aliphatic rings. The highest BCUT2D eigenvalue weighted by atomic mass is 16.5. The maximum Gasteiger partial charge on any atom is 0.237 e. The minimum absolute atomic E-state index is 0.127. The standard InChI is InChI=1S/C14H21N3O3/c1-9(17-14(19)11(15)8-13(16)18)7-10-5-3-4-6-12(10)20-2/h3-6,9,11H,7-8,15H2,1-2H3,(H2,16,18)(H,17,19). The molecule has 6 nitrogen and oxygen atoms in total. The molecule has 0 bridgehead atoms. The third-order valence-corrected chi connectivity index (χ3v) is 2.87. The van der Waals surface area contributed by atoms with E-state index in [0.717, 1.165) is 11.3 Å². The van der Waals surface area contributed by atoms with Crippen molar-refractivity contribution in [1.29, 1.82) is 0 Å². The number of rotatable bonds is 7. The molecule has 5 N–H and O–H groups in total. The Morgan fingerprint density at radius 3 is 2.60 bits per heavy atom. The lowest BCUT2D eigenvalue weighted by Crippen LogP contribution is -2.46. The lowest BCUT2D eigenvalue weighted by Gasteiger charge is -2.18. The normalized spacial score (nSPS) is 13.3. The van der Waals surface area contributed by atoms with E-state index in [1.165, 1.54) is 0 Å². The maximum absolute atomic E-state index is 11.8. The molecule has 1 aromatic rings. The Labute approximate surface area is 118 Å². The summed E-state index contributed by atoms with van der Waals surface area (Å²) in [7, 11) is 1.60. The Morgan fingerprint density at radius 1 is 1.35 bits per heavy atom. The van der Waals surface area contributed by atoms with Crippen molar-refractivity contribution in [2.75, 3.05) is 7.11 Å². The Hall–Kier alpha value is -2.08. The van der Waals surface area contributed by atoms with Crippen LogP contribution in [0.15, 0.2) is 24.3 Å². The fourth-order valence-electron chi connectivity index (χ4n) is 1.91. The number of para-hydroxylation sites is 1. The van der Waals surface area contributed by atoms with Crippen molar-refractivity contribution in [2.24, 2.45) is 11.5 Å². The van der Waals surface area contributed by atoms with Crippen molar-refractivity contribution in [3.63, 3.8) is 0 Å². The van der Waals surface area contributed by atoms with Gasteiger partial charge < -0.3 is 21.5 Å². The molecular formula is C14H21N3O3. The average molecular weight is 279 g/mol. The number of primary amides is 1. The molecule has 20 heavy (non-hydrogen) atoms. The van der Waals surface area contributed by atoms with E-state index in [9.17, 15) is 9.59 Å². The second kappa shape index (κ2) is 7.49. The molecule has 0 aliphatic carbocycles. The highest BCUT2D eigenvalue weighted by Crippen LogP contribution is 2.18. The number of hydrogen-bond donors (Lipinski definition) is 3. The van der Waals surface area contributed by atoms with E-state index in [2.05, 4.69) is 5.32 Å². The van der Waals surface area contributed by atoms with Crippen molar-refractivity contribution >= 4 is 11.8 Å². The monoisotopic (exact) mass is 279 g/mol. The van der Waals surface area contributed by atoms with Crippen LogP contribution in [-0.2, 0) is 16.0 Å². The fourth-order valence-corrected chi connectivity index (χ4v) is 1.91. The predicted octanol–water partition coefficient (Wildman–Crippen LogP) is -0.0549. The molecule has 1 rings (SSSR count). The van der Waals surface area contributed by atoms with E-state index in [1.54, 1.807) is 7.11 Å². The van der Waals surface area contributed by atoms with Crippen molar-refractivity contribution in [1.82, 2.24) is 5.32 Å². The molecule has 0 aliphatic heterocycles. The molecular weight excluding hydrogens is 258 g/mol. The third-order valence-electron chi connectivity index (χ3n) is 2.87. The molecule has 0 spiro atoms. The zero-order chi connectivity index (χ0) is 15.1. The first kappa shape index (κ1) is 16.0. The van der Waals surface area contributed by atoms with Gasteiger partial charge in [0.1, 0.15) is 5.75 Å². The summed E-state index contributed by atoms with van der Waals surface area (Å²) < 4.78 is 5.25. The molecule has 2 atom stereocenters. The molecule has 110 valence electrons. The van der Waals surface area contributed by atoms with Crippen LogP contribution in [0.3, 0.4) is 0 Å². The highest BCUT2D eigenvalue weighted by molar-refractivity contribution is 5.87. The summed E-state index contributed by atoms with van der Waals surface area (Å²) in [6.45, 7) is 1.86. The second-order valence-corrected chi connectivity index (χ2v) is 4.70. The number of nitrogens with two attached hydrogens (primary N) is 2. The Morgan fingerprint density at radius 2 is 2.00 bits per heavy atom. The molecule has 0 saturated heterocycles. The number of benzene rings is 1. The highest BCUT2D eigenvalue weighted by Gasteiger charge is 2.18. The minimum Gasteiger partial charge on any atom is -0.496 e. The SMILES string of the molecule is COc1ccccc1CC(C)NC(=O)C(N)CC(N)=O. The summed E-state index contributed by atoms with van der Waals surface area (Å²) in [5.41, 5.74) is 11.6. The van der Waals surface area contributed by atoms with Gasteiger partial charge in [0.05, 0.1) is 19.6 Å². The van der Waals surface area contributed by atoms with Crippen LogP contribution in [0.1, 0.15) is 18.9 Å². The zero-order valence-electron chi connectivity index (χ0n) is 11.8. The van der Waals surface area contributed by atoms with Gasteiger partial charge in [0, 0.05) is 6.04 Å². The first-order valence-corrected chi connectivity index (χ1v) is 6.40. The van der Waals surface area contributed by atoms with E-state index in [4.69, 9.17) is 16.2 Å². The third kappa shape index (κ3) is 4.89. The summed E-state index contributed by atoms with van der Waals surface area (Å²) in [6, 6.07) is 6.55. The van der Waals surface area contributed by atoms with Crippen LogP contribution in [0, 0.1) is 0 Å². The number of nitrogens with one attached hydrogen (secondary N) is 1. The van der Waals surface area contributed by atoms with Crippen LogP contribution in [0.4, 0.5) is 0 Å².